The number of hydrogen-bond donors (Lipinski definition) is 2. The van der Waals surface area contributed by atoms with Crippen molar-refractivity contribution in [3.8, 4) is 0 Å². The smallest absolute Gasteiger partial charge is 0.316 e. The summed E-state index contributed by atoms with van der Waals surface area (Å²) >= 11 is 0. The topological polar surface area (TPSA) is 97.1 Å². The average Bonchev–Trinajstić information content (AvgIpc) is 3.00. The highest BCUT2D eigenvalue weighted by molar-refractivity contribution is 5.79. The third-order valence-electron chi connectivity index (χ3n) is 3.57. The molecule has 0 aliphatic rings. The summed E-state index contributed by atoms with van der Waals surface area (Å²) in [6.07, 6.45) is 4.00. The van der Waals surface area contributed by atoms with E-state index >= 15 is 0 Å². The van der Waals surface area contributed by atoms with Crippen LogP contribution in [0, 0.1) is 13.8 Å². The van der Waals surface area contributed by atoms with Crippen LogP contribution >= 0.6 is 0 Å². The Labute approximate surface area is 145 Å². The first-order valence-electron chi connectivity index (χ1n) is 7.60. The summed E-state index contributed by atoms with van der Waals surface area (Å²) in [5.41, 5.74) is 2.49. The van der Waals surface area contributed by atoms with Crippen molar-refractivity contribution in [2.24, 2.45) is 14.1 Å². The first kappa shape index (κ1) is 20.0. The molecule has 2 aromatic heterocycles. The fraction of sp³-hybridized carbons (Fsp3) is 0.278. The molecule has 0 aliphatic heterocycles. The fourth-order valence-corrected chi connectivity index (χ4v) is 2.09. The summed E-state index contributed by atoms with van der Waals surface area (Å²) in [7, 11) is 3.61. The van der Waals surface area contributed by atoms with E-state index in [1.165, 1.54) is 4.57 Å². The molecule has 0 spiro atoms. The van der Waals surface area contributed by atoms with Crippen LogP contribution in [0.5, 0.6) is 0 Å². The molecule has 0 aliphatic carbocycles. The van der Waals surface area contributed by atoms with Crippen molar-refractivity contribution in [2.45, 2.75) is 20.8 Å². The molecule has 0 saturated carbocycles. The molecule has 25 heavy (non-hydrogen) atoms. The molecule has 0 fully saturated rings. The SMILES string of the molecule is CC(=O)O.Cc1ccc2c([nH]c(=O)c(=O)n2C)c1C.Cn1cccc1. The van der Waals surface area contributed by atoms with E-state index in [0.717, 1.165) is 29.1 Å². The maximum atomic E-state index is 11.4. The Hall–Kier alpha value is -3.09. The predicted octanol–water partition coefficient (Wildman–Crippen LogP) is 1.96. The normalized spacial score (nSPS) is 9.64. The zero-order valence-electron chi connectivity index (χ0n) is 15.0. The lowest BCUT2D eigenvalue weighted by Crippen LogP contribution is -2.35. The summed E-state index contributed by atoms with van der Waals surface area (Å²) < 4.78 is 3.38. The summed E-state index contributed by atoms with van der Waals surface area (Å²) in [6, 6.07) is 7.78. The van der Waals surface area contributed by atoms with Crippen molar-refractivity contribution < 1.29 is 9.90 Å². The van der Waals surface area contributed by atoms with Crippen molar-refractivity contribution in [3.63, 3.8) is 0 Å². The minimum atomic E-state index is -0.833. The van der Waals surface area contributed by atoms with E-state index in [0.29, 0.717) is 0 Å². The molecule has 2 heterocycles. The Morgan fingerprint density at radius 1 is 1.08 bits per heavy atom. The van der Waals surface area contributed by atoms with Gasteiger partial charge in [-0.05, 0) is 43.2 Å². The molecule has 0 unspecified atom stereocenters. The summed E-state index contributed by atoms with van der Waals surface area (Å²) in [4.78, 5) is 34.3. The molecule has 0 saturated heterocycles. The van der Waals surface area contributed by atoms with Crippen molar-refractivity contribution >= 4 is 17.0 Å². The number of rotatable bonds is 0. The number of carboxylic acid groups (broad SMARTS) is 1. The van der Waals surface area contributed by atoms with Crippen LogP contribution < -0.4 is 11.1 Å². The standard InChI is InChI=1S/C11H12N2O2.C5H7N.C2H4O2/c1-6-4-5-8-9(7(6)2)12-10(14)11(15)13(8)3;1-6-4-2-3-5-6;1-2(3)4/h4-5H,1-3H3,(H,12,14);2-5H,1H3;1H3,(H,3,4). The van der Waals surface area contributed by atoms with E-state index in [1.54, 1.807) is 7.05 Å². The number of aliphatic carboxylic acids is 1. The van der Waals surface area contributed by atoms with Crippen LogP contribution in [0.3, 0.4) is 0 Å². The number of nitrogens with zero attached hydrogens (tertiary/aromatic N) is 2. The summed E-state index contributed by atoms with van der Waals surface area (Å²) in [5, 5.41) is 7.42. The van der Waals surface area contributed by atoms with E-state index < -0.39 is 17.1 Å². The van der Waals surface area contributed by atoms with Gasteiger partial charge in [-0.25, -0.2) is 0 Å². The summed E-state index contributed by atoms with van der Waals surface area (Å²) in [6.45, 7) is 4.98. The number of aromatic amines is 1. The molecule has 134 valence electrons. The quantitative estimate of drug-likeness (QED) is 0.609. The van der Waals surface area contributed by atoms with Crippen molar-refractivity contribution in [2.75, 3.05) is 0 Å². The zero-order chi connectivity index (χ0) is 19.1. The number of aromatic nitrogens is 3. The molecule has 7 nitrogen and oxygen atoms in total. The Kier molecular flexibility index (Phi) is 6.93. The van der Waals surface area contributed by atoms with Crippen molar-refractivity contribution in [3.05, 3.63) is 68.5 Å². The van der Waals surface area contributed by atoms with Crippen molar-refractivity contribution in [1.82, 2.24) is 14.1 Å². The number of nitrogens with one attached hydrogen (secondary N) is 1. The highest BCUT2D eigenvalue weighted by Crippen LogP contribution is 2.16. The molecule has 7 heteroatoms. The van der Waals surface area contributed by atoms with Crippen LogP contribution in [0.1, 0.15) is 18.1 Å². The van der Waals surface area contributed by atoms with Crippen LogP contribution in [0.2, 0.25) is 0 Å². The van der Waals surface area contributed by atoms with Crippen LogP contribution in [-0.2, 0) is 18.9 Å². The molecule has 0 atom stereocenters. The highest BCUT2D eigenvalue weighted by atomic mass is 16.4. The molecule has 3 rings (SSSR count). The lowest BCUT2D eigenvalue weighted by molar-refractivity contribution is -0.134. The Balaban J connectivity index is 0.000000257. The van der Waals surface area contributed by atoms with Crippen LogP contribution in [0.4, 0.5) is 0 Å². The van der Waals surface area contributed by atoms with Crippen LogP contribution in [-0.4, -0.2) is 25.2 Å². The van der Waals surface area contributed by atoms with E-state index in [4.69, 9.17) is 9.90 Å². The maximum Gasteiger partial charge on any atom is 0.316 e. The van der Waals surface area contributed by atoms with E-state index in [2.05, 4.69) is 4.98 Å². The van der Waals surface area contributed by atoms with E-state index in [-0.39, 0.29) is 0 Å². The minimum absolute atomic E-state index is 0.522. The molecule has 3 aromatic rings. The highest BCUT2D eigenvalue weighted by Gasteiger charge is 2.06. The first-order chi connectivity index (χ1) is 11.6. The molecule has 0 radical (unpaired) electrons. The van der Waals surface area contributed by atoms with Gasteiger partial charge in [0.15, 0.2) is 0 Å². The number of carbonyl (C=O) groups is 1. The first-order valence-corrected chi connectivity index (χ1v) is 7.60. The van der Waals surface area contributed by atoms with Gasteiger partial charge in [-0.2, -0.15) is 0 Å². The number of fused-ring (bicyclic) bond motifs is 1. The maximum absolute atomic E-state index is 11.4. The lowest BCUT2D eigenvalue weighted by atomic mass is 10.1. The third kappa shape index (κ3) is 5.49. The number of carboxylic acids is 1. The second kappa shape index (κ2) is 8.68. The predicted molar refractivity (Wildman–Crippen MR) is 98.0 cm³/mol. The molecule has 0 bridgehead atoms. The number of benzene rings is 1. The van der Waals surface area contributed by atoms with Gasteiger partial charge in [-0.15, -0.1) is 0 Å². The second-order valence-corrected chi connectivity index (χ2v) is 5.59. The van der Waals surface area contributed by atoms with Gasteiger partial charge >= 0.3 is 11.1 Å². The van der Waals surface area contributed by atoms with Crippen LogP contribution in [0.25, 0.3) is 11.0 Å². The van der Waals surface area contributed by atoms with Crippen molar-refractivity contribution in [1.29, 1.82) is 0 Å². The van der Waals surface area contributed by atoms with Gasteiger partial charge in [0, 0.05) is 33.4 Å². The monoisotopic (exact) mass is 345 g/mol. The van der Waals surface area contributed by atoms with Gasteiger partial charge in [0.25, 0.3) is 5.97 Å². The largest absolute Gasteiger partial charge is 0.481 e. The molecule has 1 aromatic carbocycles. The van der Waals surface area contributed by atoms with Gasteiger partial charge in [-0.1, -0.05) is 6.07 Å². The molecule has 2 N–H and O–H groups in total. The van der Waals surface area contributed by atoms with Gasteiger partial charge in [0.1, 0.15) is 0 Å². The molecular weight excluding hydrogens is 322 g/mol. The van der Waals surface area contributed by atoms with E-state index in [1.807, 2.05) is 62.1 Å². The van der Waals surface area contributed by atoms with E-state index in [9.17, 15) is 9.59 Å². The van der Waals surface area contributed by atoms with Gasteiger partial charge in [0.05, 0.1) is 11.0 Å². The second-order valence-electron chi connectivity index (χ2n) is 5.59. The number of aryl methyl sites for hydroxylation is 4. The summed E-state index contributed by atoms with van der Waals surface area (Å²) in [5.74, 6) is -0.833. The van der Waals surface area contributed by atoms with Gasteiger partial charge in [-0.3, -0.25) is 14.4 Å². The Morgan fingerprint density at radius 3 is 2.04 bits per heavy atom. The lowest BCUT2D eigenvalue weighted by Gasteiger charge is -2.08. The molecular formula is C18H23N3O4. The average molecular weight is 345 g/mol. The zero-order valence-corrected chi connectivity index (χ0v) is 15.0. The number of H-pyrrole nitrogens is 1. The van der Waals surface area contributed by atoms with Gasteiger partial charge in [0.2, 0.25) is 0 Å². The minimum Gasteiger partial charge on any atom is -0.481 e. The molecule has 0 amide bonds. The third-order valence-corrected chi connectivity index (χ3v) is 3.57. The fourth-order valence-electron chi connectivity index (χ4n) is 2.09. The number of hydrogen-bond acceptors (Lipinski definition) is 3. The Morgan fingerprint density at radius 2 is 1.60 bits per heavy atom. The van der Waals surface area contributed by atoms with Crippen LogP contribution in [0.15, 0.2) is 46.2 Å². The van der Waals surface area contributed by atoms with Gasteiger partial charge < -0.3 is 19.2 Å². The Bertz CT molecular complexity index is 962.